The van der Waals surface area contributed by atoms with Gasteiger partial charge in [-0.3, -0.25) is 0 Å². The van der Waals surface area contributed by atoms with E-state index in [0.717, 1.165) is 29.1 Å². The van der Waals surface area contributed by atoms with Crippen LogP contribution in [0.2, 0.25) is 0 Å². The fraction of sp³-hybridized carbons (Fsp3) is 0.357. The molecule has 0 spiro atoms. The van der Waals surface area contributed by atoms with Gasteiger partial charge in [-0.05, 0) is 12.8 Å². The van der Waals surface area contributed by atoms with Crippen LogP contribution in [0.5, 0.6) is 0 Å². The third kappa shape index (κ3) is 3.80. The highest BCUT2D eigenvalue weighted by atomic mass is 35.5. The van der Waals surface area contributed by atoms with Crippen molar-refractivity contribution in [3.05, 3.63) is 40.7 Å². The van der Waals surface area contributed by atoms with Crippen molar-refractivity contribution in [2.24, 2.45) is 0 Å². The predicted octanol–water partition coefficient (Wildman–Crippen LogP) is 3.73. The third-order valence-electron chi connectivity index (χ3n) is 2.70. The Kier molecular flexibility index (Phi) is 5.17. The number of hydrogen-bond acceptors (Lipinski definition) is 3. The minimum atomic E-state index is -0.335. The standard InChI is InChI=1S/C14H16ClNOS/c15-8-4-7-12(17)9-14-16-13(10-18-14)11-5-2-1-3-6-11/h1-3,5-6,10,12,17H,4,7-9H2. The van der Waals surface area contributed by atoms with E-state index in [2.05, 4.69) is 4.98 Å². The number of aliphatic hydroxyl groups excluding tert-OH is 1. The minimum absolute atomic E-state index is 0.335. The summed E-state index contributed by atoms with van der Waals surface area (Å²) in [5.74, 6) is 0.601. The normalized spacial score (nSPS) is 12.6. The Balaban J connectivity index is 1.98. The van der Waals surface area contributed by atoms with Crippen molar-refractivity contribution in [2.75, 3.05) is 5.88 Å². The monoisotopic (exact) mass is 281 g/mol. The number of nitrogens with zero attached hydrogens (tertiary/aromatic N) is 1. The van der Waals surface area contributed by atoms with E-state index in [-0.39, 0.29) is 6.10 Å². The summed E-state index contributed by atoms with van der Waals surface area (Å²) in [4.78, 5) is 4.55. The van der Waals surface area contributed by atoms with Gasteiger partial charge in [-0.25, -0.2) is 4.98 Å². The molecule has 2 rings (SSSR count). The maximum Gasteiger partial charge on any atom is 0.0958 e. The van der Waals surface area contributed by atoms with Gasteiger partial charge in [0.1, 0.15) is 0 Å². The van der Waals surface area contributed by atoms with E-state index in [4.69, 9.17) is 11.6 Å². The highest BCUT2D eigenvalue weighted by Gasteiger charge is 2.09. The average molecular weight is 282 g/mol. The fourth-order valence-corrected chi connectivity index (χ4v) is 2.79. The lowest BCUT2D eigenvalue weighted by atomic mass is 10.1. The summed E-state index contributed by atoms with van der Waals surface area (Å²) in [5.41, 5.74) is 2.11. The van der Waals surface area contributed by atoms with Crippen LogP contribution in [-0.4, -0.2) is 22.1 Å². The highest BCUT2D eigenvalue weighted by molar-refractivity contribution is 7.09. The molecule has 1 N–H and O–H groups in total. The lowest BCUT2D eigenvalue weighted by molar-refractivity contribution is 0.164. The van der Waals surface area contributed by atoms with Crippen molar-refractivity contribution in [3.63, 3.8) is 0 Å². The van der Waals surface area contributed by atoms with Gasteiger partial charge in [0.25, 0.3) is 0 Å². The number of thiazole rings is 1. The molecule has 0 aliphatic rings. The first-order valence-corrected chi connectivity index (χ1v) is 7.45. The molecule has 96 valence electrons. The van der Waals surface area contributed by atoms with Gasteiger partial charge in [0, 0.05) is 23.2 Å². The molecule has 2 aromatic rings. The first-order chi connectivity index (χ1) is 8.79. The van der Waals surface area contributed by atoms with Gasteiger partial charge in [0.2, 0.25) is 0 Å². The van der Waals surface area contributed by atoms with E-state index >= 15 is 0 Å². The number of aliphatic hydroxyl groups is 1. The molecule has 1 unspecified atom stereocenters. The maximum absolute atomic E-state index is 9.82. The Labute approximate surface area is 116 Å². The highest BCUT2D eigenvalue weighted by Crippen LogP contribution is 2.22. The zero-order valence-corrected chi connectivity index (χ0v) is 11.6. The van der Waals surface area contributed by atoms with Crippen LogP contribution in [0.4, 0.5) is 0 Å². The number of benzene rings is 1. The van der Waals surface area contributed by atoms with Gasteiger partial charge in [-0.2, -0.15) is 0 Å². The van der Waals surface area contributed by atoms with Gasteiger partial charge in [0.15, 0.2) is 0 Å². The first-order valence-electron chi connectivity index (χ1n) is 6.03. The molecule has 0 amide bonds. The molecule has 2 nitrogen and oxygen atoms in total. The van der Waals surface area contributed by atoms with Crippen LogP contribution in [-0.2, 0) is 6.42 Å². The van der Waals surface area contributed by atoms with Crippen LogP contribution < -0.4 is 0 Å². The summed E-state index contributed by atoms with van der Waals surface area (Å²) in [7, 11) is 0. The van der Waals surface area contributed by atoms with Crippen LogP contribution in [0, 0.1) is 0 Å². The average Bonchev–Trinajstić information content (AvgIpc) is 2.86. The molecule has 1 atom stereocenters. The van der Waals surface area contributed by atoms with Crippen molar-refractivity contribution in [1.29, 1.82) is 0 Å². The number of aromatic nitrogens is 1. The van der Waals surface area contributed by atoms with E-state index in [1.54, 1.807) is 11.3 Å². The van der Waals surface area contributed by atoms with Crippen molar-refractivity contribution in [2.45, 2.75) is 25.4 Å². The molecule has 1 heterocycles. The molecule has 4 heteroatoms. The SMILES string of the molecule is OC(CCCCl)Cc1nc(-c2ccccc2)cs1. The van der Waals surface area contributed by atoms with Crippen molar-refractivity contribution < 1.29 is 5.11 Å². The van der Waals surface area contributed by atoms with Gasteiger partial charge >= 0.3 is 0 Å². The van der Waals surface area contributed by atoms with Crippen molar-refractivity contribution in [3.8, 4) is 11.3 Å². The van der Waals surface area contributed by atoms with E-state index in [1.165, 1.54) is 0 Å². The summed E-state index contributed by atoms with van der Waals surface area (Å²) in [6, 6.07) is 10.1. The smallest absolute Gasteiger partial charge is 0.0958 e. The minimum Gasteiger partial charge on any atom is -0.393 e. The second-order valence-electron chi connectivity index (χ2n) is 4.18. The maximum atomic E-state index is 9.82. The molecule has 1 aromatic heterocycles. The van der Waals surface area contributed by atoms with Crippen LogP contribution in [0.15, 0.2) is 35.7 Å². The second kappa shape index (κ2) is 6.88. The number of hydrogen-bond donors (Lipinski definition) is 1. The quantitative estimate of drug-likeness (QED) is 0.819. The molecular formula is C14H16ClNOS. The number of rotatable bonds is 6. The van der Waals surface area contributed by atoms with Gasteiger partial charge in [0.05, 0.1) is 16.8 Å². The first kappa shape index (κ1) is 13.5. The van der Waals surface area contributed by atoms with Crippen LogP contribution in [0.1, 0.15) is 17.8 Å². The van der Waals surface area contributed by atoms with E-state index in [0.29, 0.717) is 12.3 Å². The van der Waals surface area contributed by atoms with Crippen LogP contribution in [0.25, 0.3) is 11.3 Å². The largest absolute Gasteiger partial charge is 0.393 e. The summed E-state index contributed by atoms with van der Waals surface area (Å²) in [5, 5.41) is 12.8. The lowest BCUT2D eigenvalue weighted by Crippen LogP contribution is -2.10. The van der Waals surface area contributed by atoms with Crippen molar-refractivity contribution >= 4 is 22.9 Å². The summed E-state index contributed by atoms with van der Waals surface area (Å²) < 4.78 is 0. The third-order valence-corrected chi connectivity index (χ3v) is 3.84. The summed E-state index contributed by atoms with van der Waals surface area (Å²) >= 11 is 7.21. The molecule has 0 radical (unpaired) electrons. The molecule has 0 saturated heterocycles. The molecule has 0 fully saturated rings. The fourth-order valence-electron chi connectivity index (χ4n) is 1.76. The molecule has 0 bridgehead atoms. The van der Waals surface area contributed by atoms with Crippen LogP contribution >= 0.6 is 22.9 Å². The van der Waals surface area contributed by atoms with Gasteiger partial charge in [-0.1, -0.05) is 30.3 Å². The number of alkyl halides is 1. The Morgan fingerprint density at radius 2 is 2.06 bits per heavy atom. The zero-order valence-electron chi connectivity index (χ0n) is 10.1. The van der Waals surface area contributed by atoms with E-state index in [9.17, 15) is 5.11 Å². The molecule has 0 aliphatic heterocycles. The van der Waals surface area contributed by atoms with Gasteiger partial charge in [-0.15, -0.1) is 22.9 Å². The summed E-state index contributed by atoms with van der Waals surface area (Å²) in [6.07, 6.45) is 1.87. The molecular weight excluding hydrogens is 266 g/mol. The van der Waals surface area contributed by atoms with Gasteiger partial charge < -0.3 is 5.11 Å². The Bertz CT molecular complexity index is 472. The Morgan fingerprint density at radius 3 is 2.78 bits per heavy atom. The Morgan fingerprint density at radius 1 is 1.28 bits per heavy atom. The second-order valence-corrected chi connectivity index (χ2v) is 5.50. The summed E-state index contributed by atoms with van der Waals surface area (Å²) in [6.45, 7) is 0. The molecule has 0 aliphatic carbocycles. The van der Waals surface area contributed by atoms with E-state index in [1.807, 2.05) is 35.7 Å². The zero-order chi connectivity index (χ0) is 12.8. The predicted molar refractivity (Wildman–Crippen MR) is 77.2 cm³/mol. The lowest BCUT2D eigenvalue weighted by Gasteiger charge is -2.06. The molecule has 1 aromatic carbocycles. The Hall–Kier alpha value is -0.900. The molecule has 18 heavy (non-hydrogen) atoms. The van der Waals surface area contributed by atoms with E-state index < -0.39 is 0 Å². The molecule has 0 saturated carbocycles. The van der Waals surface area contributed by atoms with Crippen LogP contribution in [0.3, 0.4) is 0 Å². The topological polar surface area (TPSA) is 33.1 Å². The number of halogens is 1. The van der Waals surface area contributed by atoms with Crippen molar-refractivity contribution in [1.82, 2.24) is 4.98 Å².